The van der Waals surface area contributed by atoms with E-state index in [9.17, 15) is 4.79 Å². The van der Waals surface area contributed by atoms with Gasteiger partial charge in [-0.15, -0.1) is 11.3 Å². The standard InChI is InChI=1S/C17H19NO2S/c1-4-20-17(19)8-6-5-7-15-12-13-11-14(18(2)3)9-10-16(13)21-15/h5-12H,4H2,1-3H3. The van der Waals surface area contributed by atoms with Crippen LogP contribution in [0.4, 0.5) is 5.69 Å². The zero-order valence-corrected chi connectivity index (χ0v) is 13.3. The van der Waals surface area contributed by atoms with Crippen LogP contribution in [0.5, 0.6) is 0 Å². The van der Waals surface area contributed by atoms with Crippen molar-refractivity contribution in [3.05, 3.63) is 47.4 Å². The second-order valence-electron chi connectivity index (χ2n) is 4.74. The number of carbonyl (C=O) groups is 1. The number of rotatable bonds is 5. The first-order valence-corrected chi connectivity index (χ1v) is 7.64. The molecular formula is C17H19NO2S. The molecule has 0 saturated carbocycles. The van der Waals surface area contributed by atoms with Crippen LogP contribution in [0.25, 0.3) is 16.2 Å². The van der Waals surface area contributed by atoms with Gasteiger partial charge in [-0.2, -0.15) is 0 Å². The molecule has 0 unspecified atom stereocenters. The topological polar surface area (TPSA) is 29.5 Å². The van der Waals surface area contributed by atoms with E-state index in [1.807, 2.05) is 26.2 Å². The third-order valence-corrected chi connectivity index (χ3v) is 4.01. The number of benzene rings is 1. The Balaban J connectivity index is 2.10. The predicted octanol–water partition coefficient (Wildman–Crippen LogP) is 4.10. The molecule has 1 aromatic carbocycles. The van der Waals surface area contributed by atoms with Gasteiger partial charge in [0.2, 0.25) is 0 Å². The average molecular weight is 301 g/mol. The van der Waals surface area contributed by atoms with Gasteiger partial charge in [-0.1, -0.05) is 12.2 Å². The van der Waals surface area contributed by atoms with E-state index in [-0.39, 0.29) is 5.97 Å². The number of carbonyl (C=O) groups excluding carboxylic acids is 1. The molecule has 0 fully saturated rings. The van der Waals surface area contributed by atoms with Crippen molar-refractivity contribution in [2.24, 2.45) is 0 Å². The fourth-order valence-corrected chi connectivity index (χ4v) is 2.84. The van der Waals surface area contributed by atoms with Gasteiger partial charge in [0, 0.05) is 35.4 Å². The van der Waals surface area contributed by atoms with Gasteiger partial charge in [0.15, 0.2) is 0 Å². The number of thiophene rings is 1. The van der Waals surface area contributed by atoms with Crippen molar-refractivity contribution in [1.29, 1.82) is 0 Å². The number of ether oxygens (including phenoxy) is 1. The third kappa shape index (κ3) is 4.20. The quantitative estimate of drug-likeness (QED) is 0.473. The van der Waals surface area contributed by atoms with E-state index in [2.05, 4.69) is 29.2 Å². The van der Waals surface area contributed by atoms with Gasteiger partial charge in [-0.25, -0.2) is 4.79 Å². The number of anilines is 1. The molecule has 21 heavy (non-hydrogen) atoms. The molecule has 0 spiro atoms. The Bertz CT molecular complexity index is 683. The van der Waals surface area contributed by atoms with E-state index in [1.54, 1.807) is 24.3 Å². The summed E-state index contributed by atoms with van der Waals surface area (Å²) >= 11 is 1.73. The molecule has 0 atom stereocenters. The first kappa shape index (κ1) is 15.3. The Morgan fingerprint density at radius 1 is 1.29 bits per heavy atom. The lowest BCUT2D eigenvalue weighted by Crippen LogP contribution is -2.07. The Morgan fingerprint density at radius 3 is 2.81 bits per heavy atom. The highest BCUT2D eigenvalue weighted by molar-refractivity contribution is 7.19. The van der Waals surface area contributed by atoms with Crippen LogP contribution in [0.1, 0.15) is 11.8 Å². The van der Waals surface area contributed by atoms with E-state index in [0.29, 0.717) is 6.61 Å². The molecule has 0 saturated heterocycles. The van der Waals surface area contributed by atoms with Crippen molar-refractivity contribution < 1.29 is 9.53 Å². The van der Waals surface area contributed by atoms with Gasteiger partial charge < -0.3 is 9.64 Å². The van der Waals surface area contributed by atoms with Gasteiger partial charge in [-0.05, 0) is 42.7 Å². The minimum Gasteiger partial charge on any atom is -0.463 e. The molecule has 2 aromatic rings. The van der Waals surface area contributed by atoms with E-state index in [1.165, 1.54) is 21.8 Å². The number of fused-ring (bicyclic) bond motifs is 1. The minimum absolute atomic E-state index is 0.311. The molecule has 0 radical (unpaired) electrons. The van der Waals surface area contributed by atoms with Gasteiger partial charge in [0.05, 0.1) is 6.61 Å². The fraction of sp³-hybridized carbons (Fsp3) is 0.235. The van der Waals surface area contributed by atoms with Gasteiger partial charge in [0.25, 0.3) is 0 Å². The zero-order valence-electron chi connectivity index (χ0n) is 12.5. The van der Waals surface area contributed by atoms with E-state index in [4.69, 9.17) is 4.74 Å². The molecule has 4 heteroatoms. The summed E-state index contributed by atoms with van der Waals surface area (Å²) in [5.74, 6) is -0.311. The molecule has 110 valence electrons. The number of hydrogen-bond donors (Lipinski definition) is 0. The van der Waals surface area contributed by atoms with E-state index >= 15 is 0 Å². The van der Waals surface area contributed by atoms with Crippen molar-refractivity contribution in [2.45, 2.75) is 6.92 Å². The maximum absolute atomic E-state index is 11.2. The smallest absolute Gasteiger partial charge is 0.330 e. The number of hydrogen-bond acceptors (Lipinski definition) is 4. The molecule has 0 aliphatic heterocycles. The molecule has 0 aliphatic carbocycles. The molecular weight excluding hydrogens is 282 g/mol. The minimum atomic E-state index is -0.311. The Labute approximate surface area is 129 Å². The van der Waals surface area contributed by atoms with Crippen LogP contribution < -0.4 is 4.90 Å². The lowest BCUT2D eigenvalue weighted by Gasteiger charge is -2.11. The Morgan fingerprint density at radius 2 is 2.10 bits per heavy atom. The second kappa shape index (κ2) is 7.09. The maximum atomic E-state index is 11.2. The number of nitrogens with zero attached hydrogens (tertiary/aromatic N) is 1. The summed E-state index contributed by atoms with van der Waals surface area (Å²) in [7, 11) is 4.07. The molecule has 0 N–H and O–H groups in total. The SMILES string of the molecule is CCOC(=O)C=CC=Cc1cc2cc(N(C)C)ccc2s1. The summed E-state index contributed by atoms with van der Waals surface area (Å²) in [6.45, 7) is 2.19. The summed E-state index contributed by atoms with van der Waals surface area (Å²) in [5, 5.41) is 1.24. The molecule has 2 rings (SSSR count). The summed E-state index contributed by atoms with van der Waals surface area (Å²) < 4.78 is 6.07. The first-order valence-electron chi connectivity index (χ1n) is 6.82. The van der Waals surface area contributed by atoms with E-state index < -0.39 is 0 Å². The molecule has 0 aliphatic rings. The van der Waals surface area contributed by atoms with Crippen molar-refractivity contribution in [3.8, 4) is 0 Å². The molecule has 3 nitrogen and oxygen atoms in total. The first-order chi connectivity index (χ1) is 10.1. The highest BCUT2D eigenvalue weighted by Gasteiger charge is 2.02. The lowest BCUT2D eigenvalue weighted by atomic mass is 10.2. The van der Waals surface area contributed by atoms with Crippen molar-refractivity contribution in [2.75, 3.05) is 25.6 Å². The van der Waals surface area contributed by atoms with Gasteiger partial charge in [0.1, 0.15) is 0 Å². The molecule has 0 amide bonds. The van der Waals surface area contributed by atoms with Crippen LogP contribution >= 0.6 is 11.3 Å². The molecule has 1 heterocycles. The van der Waals surface area contributed by atoms with Crippen molar-refractivity contribution in [3.63, 3.8) is 0 Å². The van der Waals surface area contributed by atoms with Crippen LogP contribution in [0.3, 0.4) is 0 Å². The number of esters is 1. The Kier molecular flexibility index (Phi) is 5.17. The summed E-state index contributed by atoms with van der Waals surface area (Å²) in [6.07, 6.45) is 6.98. The fourth-order valence-electron chi connectivity index (χ4n) is 1.89. The molecule has 1 aromatic heterocycles. The van der Waals surface area contributed by atoms with Crippen molar-refractivity contribution >= 4 is 39.2 Å². The number of allylic oxidation sites excluding steroid dienone is 2. The second-order valence-corrected chi connectivity index (χ2v) is 5.85. The van der Waals surface area contributed by atoms with E-state index in [0.717, 1.165) is 4.88 Å². The van der Waals surface area contributed by atoms with Crippen LogP contribution in [0.2, 0.25) is 0 Å². The normalized spacial score (nSPS) is 11.6. The maximum Gasteiger partial charge on any atom is 0.330 e. The Hall–Kier alpha value is -2.07. The largest absolute Gasteiger partial charge is 0.463 e. The monoisotopic (exact) mass is 301 g/mol. The van der Waals surface area contributed by atoms with Crippen molar-refractivity contribution in [1.82, 2.24) is 0 Å². The summed E-state index contributed by atoms with van der Waals surface area (Å²) in [5.41, 5.74) is 1.19. The lowest BCUT2D eigenvalue weighted by molar-refractivity contribution is -0.137. The van der Waals surface area contributed by atoms with Crippen LogP contribution in [0, 0.1) is 0 Å². The summed E-state index contributed by atoms with van der Waals surface area (Å²) in [6, 6.07) is 8.59. The molecule has 0 bridgehead atoms. The van der Waals surface area contributed by atoms with Crippen LogP contribution in [-0.4, -0.2) is 26.7 Å². The zero-order chi connectivity index (χ0) is 15.2. The van der Waals surface area contributed by atoms with Gasteiger partial charge >= 0.3 is 5.97 Å². The van der Waals surface area contributed by atoms with Crippen LogP contribution in [0.15, 0.2) is 42.5 Å². The third-order valence-electron chi connectivity index (χ3n) is 2.93. The highest BCUT2D eigenvalue weighted by Crippen LogP contribution is 2.29. The average Bonchev–Trinajstić information content (AvgIpc) is 2.85. The summed E-state index contributed by atoms with van der Waals surface area (Å²) in [4.78, 5) is 14.4. The highest BCUT2D eigenvalue weighted by atomic mass is 32.1. The van der Waals surface area contributed by atoms with Crippen LogP contribution in [-0.2, 0) is 9.53 Å². The predicted molar refractivity (Wildman–Crippen MR) is 91.0 cm³/mol. The van der Waals surface area contributed by atoms with Gasteiger partial charge in [-0.3, -0.25) is 0 Å².